The molecule has 0 radical (unpaired) electrons. The minimum absolute atomic E-state index is 0.0877. The minimum Gasteiger partial charge on any atom is -0.493 e. The van der Waals surface area contributed by atoms with Crippen LogP contribution >= 0.6 is 11.6 Å². The summed E-state index contributed by atoms with van der Waals surface area (Å²) in [7, 11) is 2.65. The van der Waals surface area contributed by atoms with Gasteiger partial charge in [-0.3, -0.25) is 4.79 Å². The van der Waals surface area contributed by atoms with Gasteiger partial charge in [0.2, 0.25) is 0 Å². The van der Waals surface area contributed by atoms with Gasteiger partial charge in [-0.1, -0.05) is 29.8 Å². The van der Waals surface area contributed by atoms with E-state index < -0.39 is 11.9 Å². The predicted molar refractivity (Wildman–Crippen MR) is 124 cm³/mol. The molecule has 1 amide bonds. The zero-order chi connectivity index (χ0) is 23.8. The standard InChI is InChI=1S/C24H22ClN3O5/c1-31-21-11-15(10-19(25)23(21)33-14-22(29)32-2)9-17(12-26)24(30)27-8-7-16-13-28-20-6-4-3-5-18(16)20/h3-6,9-11,13,28H,7-8,14H2,1-2H3,(H,27,30)/b17-9-. The van der Waals surface area contributed by atoms with Crippen LogP contribution in [0.5, 0.6) is 11.5 Å². The van der Waals surface area contributed by atoms with Crippen LogP contribution in [0.2, 0.25) is 5.02 Å². The highest BCUT2D eigenvalue weighted by Crippen LogP contribution is 2.37. The summed E-state index contributed by atoms with van der Waals surface area (Å²) in [5.74, 6) is -0.676. The van der Waals surface area contributed by atoms with Crippen LogP contribution in [0.4, 0.5) is 0 Å². The second kappa shape index (κ2) is 11.1. The monoisotopic (exact) mass is 467 g/mol. The van der Waals surface area contributed by atoms with E-state index >= 15 is 0 Å². The molecule has 0 spiro atoms. The fourth-order valence-corrected chi connectivity index (χ4v) is 3.49. The number of hydrogen-bond donors (Lipinski definition) is 2. The van der Waals surface area contributed by atoms with Gasteiger partial charge in [-0.2, -0.15) is 5.26 Å². The van der Waals surface area contributed by atoms with E-state index in [-0.39, 0.29) is 28.7 Å². The first-order chi connectivity index (χ1) is 16.0. The molecule has 1 aromatic heterocycles. The third kappa shape index (κ3) is 5.84. The third-order valence-electron chi connectivity index (χ3n) is 4.84. The highest BCUT2D eigenvalue weighted by atomic mass is 35.5. The molecule has 170 valence electrons. The second-order valence-corrected chi connectivity index (χ2v) is 7.34. The number of carbonyl (C=O) groups excluding carboxylic acids is 2. The summed E-state index contributed by atoms with van der Waals surface area (Å²) in [4.78, 5) is 27.1. The number of aromatic nitrogens is 1. The number of methoxy groups -OCH3 is 2. The van der Waals surface area contributed by atoms with Crippen molar-refractivity contribution in [2.24, 2.45) is 0 Å². The van der Waals surface area contributed by atoms with Crippen molar-refractivity contribution in [3.05, 3.63) is 64.3 Å². The molecule has 8 nitrogen and oxygen atoms in total. The number of amides is 1. The van der Waals surface area contributed by atoms with Gasteiger partial charge >= 0.3 is 5.97 Å². The van der Waals surface area contributed by atoms with Crippen LogP contribution in [0.1, 0.15) is 11.1 Å². The fraction of sp³-hybridized carbons (Fsp3) is 0.208. The molecule has 3 aromatic rings. The molecule has 0 aliphatic carbocycles. The summed E-state index contributed by atoms with van der Waals surface area (Å²) in [6.45, 7) is 0.0220. The van der Waals surface area contributed by atoms with Crippen molar-refractivity contribution in [2.45, 2.75) is 6.42 Å². The molecule has 2 aromatic carbocycles. The number of nitriles is 1. The topological polar surface area (TPSA) is 113 Å². The predicted octanol–water partition coefficient (Wildman–Crippen LogP) is 3.65. The maximum Gasteiger partial charge on any atom is 0.343 e. The Morgan fingerprint density at radius 2 is 2.03 bits per heavy atom. The summed E-state index contributed by atoms with van der Waals surface area (Å²) in [6, 6.07) is 12.9. The van der Waals surface area contributed by atoms with Crippen molar-refractivity contribution in [1.29, 1.82) is 5.26 Å². The lowest BCUT2D eigenvalue weighted by Crippen LogP contribution is -2.26. The first kappa shape index (κ1) is 23.7. The molecule has 33 heavy (non-hydrogen) atoms. The Labute approximate surface area is 195 Å². The first-order valence-electron chi connectivity index (χ1n) is 9.99. The number of halogens is 1. The second-order valence-electron chi connectivity index (χ2n) is 6.93. The third-order valence-corrected chi connectivity index (χ3v) is 5.13. The lowest BCUT2D eigenvalue weighted by Gasteiger charge is -2.12. The first-order valence-corrected chi connectivity index (χ1v) is 10.4. The smallest absolute Gasteiger partial charge is 0.343 e. The Kier molecular flexibility index (Phi) is 7.95. The van der Waals surface area contributed by atoms with Crippen molar-refractivity contribution < 1.29 is 23.8 Å². The highest BCUT2D eigenvalue weighted by molar-refractivity contribution is 6.32. The number of fused-ring (bicyclic) bond motifs is 1. The van der Waals surface area contributed by atoms with E-state index in [0.717, 1.165) is 16.5 Å². The van der Waals surface area contributed by atoms with Crippen molar-refractivity contribution in [1.82, 2.24) is 10.3 Å². The number of nitrogens with one attached hydrogen (secondary N) is 2. The molecule has 0 bridgehead atoms. The lowest BCUT2D eigenvalue weighted by molar-refractivity contribution is -0.142. The number of esters is 1. The van der Waals surface area contributed by atoms with Crippen LogP contribution in [-0.2, 0) is 20.7 Å². The quantitative estimate of drug-likeness (QED) is 0.282. The maximum absolute atomic E-state index is 12.5. The summed E-state index contributed by atoms with van der Waals surface area (Å²) < 4.78 is 15.2. The molecule has 0 saturated carbocycles. The average molecular weight is 468 g/mol. The Morgan fingerprint density at radius 3 is 2.76 bits per heavy atom. The van der Waals surface area contributed by atoms with Gasteiger partial charge in [0.1, 0.15) is 11.6 Å². The van der Waals surface area contributed by atoms with E-state index in [9.17, 15) is 14.9 Å². The number of ether oxygens (including phenoxy) is 3. The lowest BCUT2D eigenvalue weighted by atomic mass is 10.1. The van der Waals surface area contributed by atoms with Crippen LogP contribution in [-0.4, -0.2) is 44.2 Å². The molecule has 0 aliphatic heterocycles. The number of nitrogens with zero attached hydrogens (tertiary/aromatic N) is 1. The Bertz CT molecular complexity index is 1240. The minimum atomic E-state index is -0.576. The van der Waals surface area contributed by atoms with Crippen LogP contribution in [0.25, 0.3) is 17.0 Å². The fourth-order valence-electron chi connectivity index (χ4n) is 3.21. The van der Waals surface area contributed by atoms with E-state index in [4.69, 9.17) is 21.1 Å². The molecule has 0 atom stereocenters. The van der Waals surface area contributed by atoms with Crippen LogP contribution < -0.4 is 14.8 Å². The summed E-state index contributed by atoms with van der Waals surface area (Å²) in [5.41, 5.74) is 2.48. The van der Waals surface area contributed by atoms with Crippen molar-refractivity contribution >= 4 is 40.5 Å². The largest absolute Gasteiger partial charge is 0.493 e. The Morgan fingerprint density at radius 1 is 1.24 bits per heavy atom. The van der Waals surface area contributed by atoms with E-state index in [1.54, 1.807) is 6.07 Å². The molecular weight excluding hydrogens is 446 g/mol. The van der Waals surface area contributed by atoms with Gasteiger partial charge in [-0.25, -0.2) is 4.79 Å². The molecule has 9 heteroatoms. The number of benzene rings is 2. The number of aromatic amines is 1. The molecule has 3 rings (SSSR count). The van der Waals surface area contributed by atoms with Crippen molar-refractivity contribution in [3.8, 4) is 17.6 Å². The highest BCUT2D eigenvalue weighted by Gasteiger charge is 2.15. The van der Waals surface area contributed by atoms with Gasteiger partial charge in [0, 0.05) is 23.6 Å². The molecular formula is C24H22ClN3O5. The zero-order valence-corrected chi connectivity index (χ0v) is 18.9. The van der Waals surface area contributed by atoms with Gasteiger partial charge in [-0.15, -0.1) is 0 Å². The number of carbonyl (C=O) groups is 2. The molecule has 0 aliphatic rings. The van der Waals surface area contributed by atoms with Crippen molar-refractivity contribution in [2.75, 3.05) is 27.4 Å². The summed E-state index contributed by atoms with van der Waals surface area (Å²) in [6.07, 6.45) is 3.93. The SMILES string of the molecule is COC(=O)COc1c(Cl)cc(/C=C(/C#N)C(=O)NCCc2c[nH]c3ccccc23)cc1OC. The Hall–Kier alpha value is -3.96. The number of hydrogen-bond acceptors (Lipinski definition) is 6. The van der Waals surface area contributed by atoms with Crippen LogP contribution in [0.3, 0.4) is 0 Å². The molecule has 1 heterocycles. The van der Waals surface area contributed by atoms with Gasteiger partial charge in [0.05, 0.1) is 19.2 Å². The summed E-state index contributed by atoms with van der Waals surface area (Å²) >= 11 is 6.26. The van der Waals surface area contributed by atoms with Crippen LogP contribution in [0, 0.1) is 11.3 Å². The molecule has 2 N–H and O–H groups in total. The number of H-pyrrole nitrogens is 1. The van der Waals surface area contributed by atoms with E-state index in [1.165, 1.54) is 26.4 Å². The van der Waals surface area contributed by atoms with Gasteiger partial charge < -0.3 is 24.5 Å². The summed E-state index contributed by atoms with van der Waals surface area (Å²) in [5, 5.41) is 13.5. The average Bonchev–Trinajstić information content (AvgIpc) is 3.24. The van der Waals surface area contributed by atoms with E-state index in [2.05, 4.69) is 15.0 Å². The molecule has 0 fully saturated rings. The number of para-hydroxylation sites is 1. The maximum atomic E-state index is 12.5. The molecule has 0 saturated heterocycles. The van der Waals surface area contributed by atoms with Gasteiger partial charge in [-0.05, 0) is 41.8 Å². The van der Waals surface area contributed by atoms with E-state index in [0.29, 0.717) is 18.5 Å². The van der Waals surface area contributed by atoms with E-state index in [1.807, 2.05) is 36.5 Å². The zero-order valence-electron chi connectivity index (χ0n) is 18.1. The Balaban J connectivity index is 1.69. The van der Waals surface area contributed by atoms with Gasteiger partial charge in [0.15, 0.2) is 18.1 Å². The van der Waals surface area contributed by atoms with Gasteiger partial charge in [0.25, 0.3) is 5.91 Å². The normalized spacial score (nSPS) is 11.0. The van der Waals surface area contributed by atoms with Crippen molar-refractivity contribution in [3.63, 3.8) is 0 Å². The van der Waals surface area contributed by atoms with Crippen LogP contribution in [0.15, 0.2) is 48.2 Å². The number of rotatable bonds is 9. The molecule has 0 unspecified atom stereocenters.